The molecule has 0 spiro atoms. The molecule has 2 aromatic carbocycles. The lowest BCUT2D eigenvalue weighted by Gasteiger charge is -2.09. The molecule has 1 N–H and O–H groups in total. The minimum atomic E-state index is -0.169. The molecule has 1 aliphatic heterocycles. The molecule has 5 heteroatoms. The van der Waals surface area contributed by atoms with Gasteiger partial charge < -0.3 is 14.8 Å². The summed E-state index contributed by atoms with van der Waals surface area (Å²) < 4.78 is 10.5. The van der Waals surface area contributed by atoms with E-state index in [0.717, 1.165) is 10.5 Å². The molecule has 4 nitrogen and oxygen atoms in total. The van der Waals surface area contributed by atoms with E-state index in [-0.39, 0.29) is 12.7 Å². The molecule has 0 unspecified atom stereocenters. The van der Waals surface area contributed by atoms with Crippen LogP contribution in [0.25, 0.3) is 0 Å². The number of anilines is 1. The SMILES string of the molecule is Cc1ccc(S)cc1C(=O)Nc1ccc2c(c1)OCO2. The first kappa shape index (κ1) is 12.9. The first-order chi connectivity index (χ1) is 9.63. The number of rotatable bonds is 2. The van der Waals surface area contributed by atoms with Gasteiger partial charge >= 0.3 is 0 Å². The highest BCUT2D eigenvalue weighted by molar-refractivity contribution is 7.80. The van der Waals surface area contributed by atoms with E-state index in [0.29, 0.717) is 22.7 Å². The molecule has 0 aromatic heterocycles. The summed E-state index contributed by atoms with van der Waals surface area (Å²) in [5, 5.41) is 2.85. The van der Waals surface area contributed by atoms with Crippen LogP contribution < -0.4 is 14.8 Å². The normalized spacial score (nSPS) is 12.3. The Balaban J connectivity index is 1.84. The molecular weight excluding hydrogens is 274 g/mol. The number of amides is 1. The fraction of sp³-hybridized carbons (Fsp3) is 0.133. The van der Waals surface area contributed by atoms with E-state index in [1.54, 1.807) is 24.3 Å². The second-order valence-electron chi connectivity index (χ2n) is 4.52. The number of benzene rings is 2. The Morgan fingerprint density at radius 2 is 1.95 bits per heavy atom. The molecular formula is C15H13NO3S. The smallest absolute Gasteiger partial charge is 0.255 e. The zero-order chi connectivity index (χ0) is 14.1. The summed E-state index contributed by atoms with van der Waals surface area (Å²) in [4.78, 5) is 13.0. The van der Waals surface area contributed by atoms with Crippen molar-refractivity contribution in [1.82, 2.24) is 0 Å². The Morgan fingerprint density at radius 1 is 1.15 bits per heavy atom. The van der Waals surface area contributed by atoms with Crippen molar-refractivity contribution in [2.24, 2.45) is 0 Å². The van der Waals surface area contributed by atoms with Gasteiger partial charge in [0.15, 0.2) is 11.5 Å². The van der Waals surface area contributed by atoms with Gasteiger partial charge in [-0.3, -0.25) is 4.79 Å². The maximum Gasteiger partial charge on any atom is 0.255 e. The van der Waals surface area contributed by atoms with Crippen LogP contribution in [0.4, 0.5) is 5.69 Å². The Hall–Kier alpha value is -2.14. The molecule has 0 bridgehead atoms. The monoisotopic (exact) mass is 287 g/mol. The maximum atomic E-state index is 12.3. The van der Waals surface area contributed by atoms with E-state index in [2.05, 4.69) is 17.9 Å². The Labute approximate surface area is 122 Å². The van der Waals surface area contributed by atoms with Gasteiger partial charge in [-0.2, -0.15) is 0 Å². The second-order valence-corrected chi connectivity index (χ2v) is 5.04. The van der Waals surface area contributed by atoms with Crippen molar-refractivity contribution in [2.75, 3.05) is 12.1 Å². The number of fused-ring (bicyclic) bond motifs is 1. The standard InChI is InChI=1S/C15H13NO3S/c1-9-2-4-11(20)7-12(9)15(17)16-10-3-5-13-14(6-10)19-8-18-13/h2-7,20H,8H2,1H3,(H,16,17). The Morgan fingerprint density at radius 3 is 2.80 bits per heavy atom. The molecule has 1 heterocycles. The van der Waals surface area contributed by atoms with Crippen molar-refractivity contribution in [1.29, 1.82) is 0 Å². The molecule has 0 radical (unpaired) electrons. The van der Waals surface area contributed by atoms with Crippen LogP contribution in [-0.2, 0) is 0 Å². The van der Waals surface area contributed by atoms with Crippen LogP contribution in [0.15, 0.2) is 41.3 Å². The fourth-order valence-corrected chi connectivity index (χ4v) is 2.23. The molecule has 0 fully saturated rings. The Kier molecular flexibility index (Phi) is 3.28. The molecule has 0 atom stereocenters. The summed E-state index contributed by atoms with van der Waals surface area (Å²) >= 11 is 4.26. The molecule has 2 aromatic rings. The molecule has 1 aliphatic rings. The second kappa shape index (κ2) is 5.09. The third kappa shape index (κ3) is 2.44. The van der Waals surface area contributed by atoms with Gasteiger partial charge in [0.25, 0.3) is 5.91 Å². The highest BCUT2D eigenvalue weighted by Gasteiger charge is 2.15. The van der Waals surface area contributed by atoms with Crippen molar-refractivity contribution in [3.63, 3.8) is 0 Å². The molecule has 1 amide bonds. The predicted molar refractivity (Wildman–Crippen MR) is 78.9 cm³/mol. The molecule has 0 saturated heterocycles. The zero-order valence-electron chi connectivity index (χ0n) is 10.8. The molecule has 3 rings (SSSR count). The van der Waals surface area contributed by atoms with Crippen molar-refractivity contribution < 1.29 is 14.3 Å². The quantitative estimate of drug-likeness (QED) is 0.833. The Bertz CT molecular complexity index is 685. The summed E-state index contributed by atoms with van der Waals surface area (Å²) in [7, 11) is 0. The average molecular weight is 287 g/mol. The minimum Gasteiger partial charge on any atom is -0.454 e. The number of thiol groups is 1. The zero-order valence-corrected chi connectivity index (χ0v) is 11.7. The topological polar surface area (TPSA) is 47.6 Å². The number of carbonyl (C=O) groups is 1. The highest BCUT2D eigenvalue weighted by Crippen LogP contribution is 2.34. The van der Waals surface area contributed by atoms with E-state index in [9.17, 15) is 4.79 Å². The van der Waals surface area contributed by atoms with E-state index < -0.39 is 0 Å². The van der Waals surface area contributed by atoms with E-state index >= 15 is 0 Å². The van der Waals surface area contributed by atoms with Crippen LogP contribution in [0.2, 0.25) is 0 Å². The van der Waals surface area contributed by atoms with E-state index in [4.69, 9.17) is 9.47 Å². The number of carbonyl (C=O) groups excluding carboxylic acids is 1. The minimum absolute atomic E-state index is 0.169. The van der Waals surface area contributed by atoms with Crippen LogP contribution in [0, 0.1) is 6.92 Å². The third-order valence-electron chi connectivity index (χ3n) is 3.10. The largest absolute Gasteiger partial charge is 0.454 e. The number of ether oxygens (including phenoxy) is 2. The van der Waals surface area contributed by atoms with Crippen molar-refractivity contribution in [2.45, 2.75) is 11.8 Å². The van der Waals surface area contributed by atoms with Crippen LogP contribution in [0.3, 0.4) is 0 Å². The van der Waals surface area contributed by atoms with Crippen LogP contribution in [0.1, 0.15) is 15.9 Å². The van der Waals surface area contributed by atoms with Gasteiger partial charge in [0.05, 0.1) is 0 Å². The van der Waals surface area contributed by atoms with Crippen molar-refractivity contribution in [3.05, 3.63) is 47.5 Å². The average Bonchev–Trinajstić information content (AvgIpc) is 2.89. The van der Waals surface area contributed by atoms with Gasteiger partial charge in [-0.05, 0) is 36.8 Å². The lowest BCUT2D eigenvalue weighted by Crippen LogP contribution is -2.13. The van der Waals surface area contributed by atoms with Crippen molar-refractivity contribution in [3.8, 4) is 11.5 Å². The van der Waals surface area contributed by atoms with Gasteiger partial charge in [0.2, 0.25) is 6.79 Å². The summed E-state index contributed by atoms with van der Waals surface area (Å²) in [5.41, 5.74) is 2.18. The summed E-state index contributed by atoms with van der Waals surface area (Å²) in [6.45, 7) is 2.11. The number of hydrogen-bond acceptors (Lipinski definition) is 4. The highest BCUT2D eigenvalue weighted by atomic mass is 32.1. The van der Waals surface area contributed by atoms with Gasteiger partial charge in [-0.1, -0.05) is 6.07 Å². The molecule has 20 heavy (non-hydrogen) atoms. The molecule has 0 saturated carbocycles. The van der Waals surface area contributed by atoms with Crippen LogP contribution >= 0.6 is 12.6 Å². The van der Waals surface area contributed by atoms with Gasteiger partial charge in [0, 0.05) is 22.2 Å². The lowest BCUT2D eigenvalue weighted by molar-refractivity contribution is 0.102. The number of hydrogen-bond donors (Lipinski definition) is 2. The fourth-order valence-electron chi connectivity index (χ4n) is 2.03. The third-order valence-corrected chi connectivity index (χ3v) is 3.37. The summed E-state index contributed by atoms with van der Waals surface area (Å²) in [6.07, 6.45) is 0. The van der Waals surface area contributed by atoms with E-state index in [1.807, 2.05) is 19.1 Å². The predicted octanol–water partition coefficient (Wildman–Crippen LogP) is 3.26. The maximum absolute atomic E-state index is 12.3. The summed E-state index contributed by atoms with van der Waals surface area (Å²) in [6, 6.07) is 10.8. The van der Waals surface area contributed by atoms with Crippen molar-refractivity contribution >= 4 is 24.2 Å². The van der Waals surface area contributed by atoms with Gasteiger partial charge in [0.1, 0.15) is 0 Å². The molecule has 102 valence electrons. The van der Waals surface area contributed by atoms with Crippen LogP contribution in [-0.4, -0.2) is 12.7 Å². The number of aryl methyl sites for hydroxylation is 1. The molecule has 0 aliphatic carbocycles. The van der Waals surface area contributed by atoms with Gasteiger partial charge in [-0.15, -0.1) is 12.6 Å². The number of nitrogens with one attached hydrogen (secondary N) is 1. The van der Waals surface area contributed by atoms with E-state index in [1.165, 1.54) is 0 Å². The first-order valence-corrected chi connectivity index (χ1v) is 6.59. The summed E-state index contributed by atoms with van der Waals surface area (Å²) in [5.74, 6) is 1.16. The van der Waals surface area contributed by atoms with Crippen LogP contribution in [0.5, 0.6) is 11.5 Å². The first-order valence-electron chi connectivity index (χ1n) is 6.14. The van der Waals surface area contributed by atoms with Gasteiger partial charge in [-0.25, -0.2) is 0 Å². The lowest BCUT2D eigenvalue weighted by atomic mass is 10.1.